The van der Waals surface area contributed by atoms with Gasteiger partial charge in [0.2, 0.25) is 0 Å². The molecule has 0 bridgehead atoms. The zero-order chi connectivity index (χ0) is 10.5. The average Bonchev–Trinajstić information content (AvgIpc) is 2.56. The summed E-state index contributed by atoms with van der Waals surface area (Å²) in [6.07, 6.45) is 1.68. The van der Waals surface area contributed by atoms with E-state index >= 15 is 0 Å². The van der Waals surface area contributed by atoms with Crippen molar-refractivity contribution in [3.05, 3.63) is 16.1 Å². The molecule has 0 aliphatic carbocycles. The Hall–Kier alpha value is -0.450. The summed E-state index contributed by atoms with van der Waals surface area (Å²) < 4.78 is 0. The zero-order valence-electron chi connectivity index (χ0n) is 8.53. The highest BCUT2D eigenvalue weighted by Gasteiger charge is 2.24. The summed E-state index contributed by atoms with van der Waals surface area (Å²) in [5.74, 6) is 0. The van der Waals surface area contributed by atoms with Crippen LogP contribution < -0.4 is 0 Å². The second-order valence-electron chi connectivity index (χ2n) is 2.71. The number of hydrogen-bond donors (Lipinski definition) is 2. The molecular formula is C9H17NO2S. The van der Waals surface area contributed by atoms with Crippen LogP contribution in [-0.2, 0) is 5.60 Å². The van der Waals surface area contributed by atoms with Gasteiger partial charge in [-0.05, 0) is 13.8 Å². The SMILES string of the molecule is CC.Cc1cnc(C(C)(O)CO)s1. The van der Waals surface area contributed by atoms with Crippen molar-refractivity contribution in [2.75, 3.05) is 6.61 Å². The fourth-order valence-corrected chi connectivity index (χ4v) is 1.47. The third-order valence-corrected chi connectivity index (χ3v) is 2.56. The Balaban J connectivity index is 0.000000671. The summed E-state index contributed by atoms with van der Waals surface area (Å²) in [5, 5.41) is 18.8. The topological polar surface area (TPSA) is 53.4 Å². The van der Waals surface area contributed by atoms with E-state index in [1.165, 1.54) is 11.3 Å². The van der Waals surface area contributed by atoms with E-state index in [1.807, 2.05) is 20.8 Å². The summed E-state index contributed by atoms with van der Waals surface area (Å²) in [6, 6.07) is 0. The summed E-state index contributed by atoms with van der Waals surface area (Å²) in [4.78, 5) is 5.00. The first kappa shape index (κ1) is 12.6. The fourth-order valence-electron chi connectivity index (χ4n) is 0.671. The van der Waals surface area contributed by atoms with E-state index in [0.717, 1.165) is 4.88 Å². The van der Waals surface area contributed by atoms with Crippen molar-refractivity contribution in [1.29, 1.82) is 0 Å². The number of hydrogen-bond acceptors (Lipinski definition) is 4. The Bertz CT molecular complexity index is 246. The van der Waals surface area contributed by atoms with Crippen molar-refractivity contribution in [2.45, 2.75) is 33.3 Å². The summed E-state index contributed by atoms with van der Waals surface area (Å²) >= 11 is 1.40. The largest absolute Gasteiger partial charge is 0.393 e. The van der Waals surface area contributed by atoms with Crippen LogP contribution in [-0.4, -0.2) is 21.8 Å². The number of aryl methyl sites for hydroxylation is 1. The normalized spacial score (nSPS) is 14.3. The molecule has 0 radical (unpaired) electrons. The molecule has 76 valence electrons. The molecule has 0 fully saturated rings. The van der Waals surface area contributed by atoms with Gasteiger partial charge < -0.3 is 10.2 Å². The molecule has 1 aromatic heterocycles. The molecule has 0 amide bonds. The second-order valence-corrected chi connectivity index (χ2v) is 3.94. The van der Waals surface area contributed by atoms with Gasteiger partial charge in [-0.1, -0.05) is 13.8 Å². The van der Waals surface area contributed by atoms with Crippen molar-refractivity contribution in [3.63, 3.8) is 0 Å². The Labute approximate surface area is 83.1 Å². The van der Waals surface area contributed by atoms with Crippen LogP contribution in [0.15, 0.2) is 6.20 Å². The molecule has 1 aromatic rings. The number of aromatic nitrogens is 1. The summed E-state index contributed by atoms with van der Waals surface area (Å²) in [5.41, 5.74) is -1.18. The fraction of sp³-hybridized carbons (Fsp3) is 0.667. The van der Waals surface area contributed by atoms with Gasteiger partial charge in [-0.25, -0.2) is 4.98 Å². The van der Waals surface area contributed by atoms with E-state index in [1.54, 1.807) is 13.1 Å². The molecule has 13 heavy (non-hydrogen) atoms. The molecule has 1 rings (SSSR count). The van der Waals surface area contributed by atoms with Gasteiger partial charge in [0.05, 0.1) is 6.61 Å². The summed E-state index contributed by atoms with van der Waals surface area (Å²) in [6.45, 7) is 7.17. The number of thiazole rings is 1. The third kappa shape index (κ3) is 3.42. The highest BCUT2D eigenvalue weighted by Crippen LogP contribution is 2.24. The predicted octanol–water partition coefficient (Wildman–Crippen LogP) is 1.68. The number of aliphatic hydroxyl groups is 2. The van der Waals surface area contributed by atoms with Crippen LogP contribution in [0.5, 0.6) is 0 Å². The van der Waals surface area contributed by atoms with Crippen molar-refractivity contribution >= 4 is 11.3 Å². The Kier molecular flexibility index (Phi) is 5.13. The predicted molar refractivity (Wildman–Crippen MR) is 54.9 cm³/mol. The van der Waals surface area contributed by atoms with E-state index in [4.69, 9.17) is 5.11 Å². The van der Waals surface area contributed by atoms with Gasteiger partial charge in [-0.3, -0.25) is 0 Å². The zero-order valence-corrected chi connectivity index (χ0v) is 9.35. The molecule has 3 nitrogen and oxygen atoms in total. The van der Waals surface area contributed by atoms with E-state index < -0.39 is 5.60 Å². The molecule has 0 saturated heterocycles. The maximum Gasteiger partial charge on any atom is 0.136 e. The van der Waals surface area contributed by atoms with Gasteiger partial charge in [-0.15, -0.1) is 11.3 Å². The molecule has 0 aliphatic heterocycles. The Morgan fingerprint density at radius 1 is 1.54 bits per heavy atom. The maximum absolute atomic E-state index is 9.51. The smallest absolute Gasteiger partial charge is 0.136 e. The van der Waals surface area contributed by atoms with Gasteiger partial charge in [0.15, 0.2) is 0 Å². The first-order valence-electron chi connectivity index (χ1n) is 4.32. The Morgan fingerprint density at radius 3 is 2.38 bits per heavy atom. The summed E-state index contributed by atoms with van der Waals surface area (Å²) in [7, 11) is 0. The standard InChI is InChI=1S/C7H11NO2S.C2H6/c1-5-3-8-6(11-5)7(2,10)4-9;1-2/h3,9-10H,4H2,1-2H3;1-2H3. The number of aliphatic hydroxyl groups excluding tert-OH is 1. The van der Waals surface area contributed by atoms with Gasteiger partial charge in [0.1, 0.15) is 10.6 Å². The molecule has 1 atom stereocenters. The van der Waals surface area contributed by atoms with E-state index in [9.17, 15) is 5.11 Å². The lowest BCUT2D eigenvalue weighted by molar-refractivity contribution is -0.00244. The lowest BCUT2D eigenvalue weighted by atomic mass is 10.1. The molecular weight excluding hydrogens is 186 g/mol. The lowest BCUT2D eigenvalue weighted by Crippen LogP contribution is -2.25. The second kappa shape index (κ2) is 5.32. The minimum Gasteiger partial charge on any atom is -0.393 e. The average molecular weight is 203 g/mol. The lowest BCUT2D eigenvalue weighted by Gasteiger charge is -2.16. The van der Waals surface area contributed by atoms with Gasteiger partial charge in [-0.2, -0.15) is 0 Å². The molecule has 0 aliphatic rings. The van der Waals surface area contributed by atoms with E-state index in [0.29, 0.717) is 5.01 Å². The van der Waals surface area contributed by atoms with Crippen LogP contribution in [0, 0.1) is 6.92 Å². The van der Waals surface area contributed by atoms with Crippen molar-refractivity contribution < 1.29 is 10.2 Å². The van der Waals surface area contributed by atoms with Crippen LogP contribution in [0.2, 0.25) is 0 Å². The van der Waals surface area contributed by atoms with E-state index in [-0.39, 0.29) is 6.61 Å². The molecule has 0 aromatic carbocycles. The van der Waals surface area contributed by atoms with Crippen molar-refractivity contribution in [1.82, 2.24) is 4.98 Å². The molecule has 2 N–H and O–H groups in total. The van der Waals surface area contributed by atoms with Crippen LogP contribution in [0.25, 0.3) is 0 Å². The number of rotatable bonds is 2. The van der Waals surface area contributed by atoms with E-state index in [2.05, 4.69) is 4.98 Å². The van der Waals surface area contributed by atoms with Crippen molar-refractivity contribution in [3.8, 4) is 0 Å². The highest BCUT2D eigenvalue weighted by molar-refractivity contribution is 7.11. The van der Waals surface area contributed by atoms with Gasteiger partial charge in [0.25, 0.3) is 0 Å². The Morgan fingerprint density at radius 2 is 2.08 bits per heavy atom. The molecule has 4 heteroatoms. The first-order chi connectivity index (χ1) is 6.06. The first-order valence-corrected chi connectivity index (χ1v) is 5.14. The minimum absolute atomic E-state index is 0.292. The van der Waals surface area contributed by atoms with Gasteiger partial charge >= 0.3 is 0 Å². The van der Waals surface area contributed by atoms with Crippen LogP contribution in [0.4, 0.5) is 0 Å². The molecule has 1 heterocycles. The van der Waals surface area contributed by atoms with Gasteiger partial charge in [0, 0.05) is 11.1 Å². The minimum atomic E-state index is -1.18. The third-order valence-electron chi connectivity index (χ3n) is 1.39. The monoisotopic (exact) mass is 203 g/mol. The molecule has 1 unspecified atom stereocenters. The maximum atomic E-state index is 9.51. The quantitative estimate of drug-likeness (QED) is 0.769. The van der Waals surface area contributed by atoms with Crippen LogP contribution in [0.3, 0.4) is 0 Å². The molecule has 0 spiro atoms. The highest BCUT2D eigenvalue weighted by atomic mass is 32.1. The number of nitrogens with zero attached hydrogens (tertiary/aromatic N) is 1. The van der Waals surface area contributed by atoms with Crippen LogP contribution >= 0.6 is 11.3 Å². The van der Waals surface area contributed by atoms with Crippen molar-refractivity contribution in [2.24, 2.45) is 0 Å². The molecule has 0 saturated carbocycles. The van der Waals surface area contributed by atoms with Crippen LogP contribution in [0.1, 0.15) is 30.7 Å².